The number of sulfone groups is 1. The van der Waals surface area contributed by atoms with Crippen molar-refractivity contribution in [3.05, 3.63) is 59.1 Å². The van der Waals surface area contributed by atoms with Crippen molar-refractivity contribution in [1.82, 2.24) is 10.3 Å². The van der Waals surface area contributed by atoms with Gasteiger partial charge in [-0.05, 0) is 42.8 Å². The lowest BCUT2D eigenvalue weighted by molar-refractivity contribution is 0.0940. The number of thiazole rings is 1. The highest BCUT2D eigenvalue weighted by molar-refractivity contribution is 7.90. The van der Waals surface area contributed by atoms with Gasteiger partial charge in [0.2, 0.25) is 0 Å². The number of benzene rings is 2. The van der Waals surface area contributed by atoms with Gasteiger partial charge >= 0.3 is 0 Å². The van der Waals surface area contributed by atoms with Crippen LogP contribution in [0, 0.1) is 0 Å². The van der Waals surface area contributed by atoms with Crippen LogP contribution in [0.15, 0.2) is 52.9 Å². The van der Waals surface area contributed by atoms with E-state index in [1.54, 1.807) is 35.8 Å². The molecule has 0 fully saturated rings. The molecule has 1 heterocycles. The number of fused-ring (bicyclic) bond motifs is 1. The van der Waals surface area contributed by atoms with Crippen LogP contribution in [0.5, 0.6) is 0 Å². The molecule has 1 atom stereocenters. The van der Waals surface area contributed by atoms with E-state index in [1.165, 1.54) is 17.6 Å². The van der Waals surface area contributed by atoms with Crippen molar-refractivity contribution in [1.29, 1.82) is 0 Å². The molecule has 0 aliphatic heterocycles. The van der Waals surface area contributed by atoms with Gasteiger partial charge in [-0.3, -0.25) is 4.79 Å². The number of hydrogen-bond acceptors (Lipinski definition) is 5. The molecule has 3 rings (SSSR count). The summed E-state index contributed by atoms with van der Waals surface area (Å²) in [6.07, 6.45) is 1.17. The van der Waals surface area contributed by atoms with Crippen LogP contribution in [-0.2, 0) is 9.84 Å². The first-order chi connectivity index (χ1) is 11.3. The number of nitrogens with zero attached hydrogens (tertiary/aromatic N) is 1. The first-order valence-corrected chi connectivity index (χ1v) is 10.1. The lowest BCUT2D eigenvalue weighted by Gasteiger charge is -2.15. The molecular formula is C17H16N2O3S2. The zero-order valence-electron chi connectivity index (χ0n) is 13.2. The van der Waals surface area contributed by atoms with Gasteiger partial charge in [0.05, 0.1) is 26.7 Å². The van der Waals surface area contributed by atoms with Crippen molar-refractivity contribution in [2.75, 3.05) is 6.26 Å². The third-order valence-corrected chi connectivity index (χ3v) is 5.67. The van der Waals surface area contributed by atoms with Gasteiger partial charge in [-0.2, -0.15) is 0 Å². The summed E-state index contributed by atoms with van der Waals surface area (Å²) in [5.41, 5.74) is 4.04. The molecule has 1 unspecified atom stereocenters. The zero-order chi connectivity index (χ0) is 17.3. The quantitative estimate of drug-likeness (QED) is 0.775. The number of amides is 1. The third kappa shape index (κ3) is 3.47. The second-order valence-electron chi connectivity index (χ2n) is 5.57. The molecule has 0 saturated heterocycles. The fraction of sp³-hybridized carbons (Fsp3) is 0.176. The standard InChI is InChI=1S/C17H16N2O3S2/c1-11(12-3-6-14(7-4-12)24(2,21)22)19-17(20)13-5-8-15-16(9-13)23-10-18-15/h3-11H,1-2H3,(H,19,20). The molecule has 1 N–H and O–H groups in total. The Labute approximate surface area is 144 Å². The highest BCUT2D eigenvalue weighted by atomic mass is 32.2. The molecule has 5 nitrogen and oxygen atoms in total. The van der Waals surface area contributed by atoms with E-state index in [-0.39, 0.29) is 16.8 Å². The Kier molecular flexibility index (Phi) is 4.38. The van der Waals surface area contributed by atoms with Gasteiger partial charge in [0.25, 0.3) is 5.91 Å². The van der Waals surface area contributed by atoms with Crippen molar-refractivity contribution in [2.24, 2.45) is 0 Å². The van der Waals surface area contributed by atoms with Crippen LogP contribution < -0.4 is 5.32 Å². The summed E-state index contributed by atoms with van der Waals surface area (Å²) >= 11 is 1.49. The topological polar surface area (TPSA) is 76.1 Å². The summed E-state index contributed by atoms with van der Waals surface area (Å²) in [7, 11) is -3.22. The Hall–Kier alpha value is -2.25. The molecular weight excluding hydrogens is 344 g/mol. The van der Waals surface area contributed by atoms with Crippen LogP contribution in [0.1, 0.15) is 28.9 Å². The van der Waals surface area contributed by atoms with E-state index in [0.29, 0.717) is 5.56 Å². The number of aromatic nitrogens is 1. The van der Waals surface area contributed by atoms with Crippen molar-refractivity contribution in [3.63, 3.8) is 0 Å². The number of hydrogen-bond donors (Lipinski definition) is 1. The fourth-order valence-electron chi connectivity index (χ4n) is 2.36. The molecule has 3 aromatic rings. The molecule has 0 bridgehead atoms. The molecule has 1 amide bonds. The molecule has 0 spiro atoms. The molecule has 0 radical (unpaired) electrons. The summed E-state index contributed by atoms with van der Waals surface area (Å²) in [4.78, 5) is 16.9. The van der Waals surface area contributed by atoms with Crippen molar-refractivity contribution < 1.29 is 13.2 Å². The molecule has 1 aromatic heterocycles. The third-order valence-electron chi connectivity index (χ3n) is 3.75. The summed E-state index contributed by atoms with van der Waals surface area (Å²) in [5.74, 6) is -0.176. The van der Waals surface area contributed by atoms with Crippen LogP contribution in [0.4, 0.5) is 0 Å². The Balaban J connectivity index is 1.75. The molecule has 7 heteroatoms. The van der Waals surface area contributed by atoms with Crippen LogP contribution in [0.2, 0.25) is 0 Å². The lowest BCUT2D eigenvalue weighted by atomic mass is 10.1. The monoisotopic (exact) mass is 360 g/mol. The van der Waals surface area contributed by atoms with E-state index in [9.17, 15) is 13.2 Å². The van der Waals surface area contributed by atoms with Crippen molar-refractivity contribution in [3.8, 4) is 0 Å². The maximum atomic E-state index is 12.4. The summed E-state index contributed by atoms with van der Waals surface area (Å²) < 4.78 is 23.9. The normalized spacial score (nSPS) is 12.9. The Morgan fingerprint density at radius 3 is 2.54 bits per heavy atom. The minimum absolute atomic E-state index is 0.176. The van der Waals surface area contributed by atoms with Crippen LogP contribution in [0.25, 0.3) is 10.2 Å². The van der Waals surface area contributed by atoms with E-state index in [0.717, 1.165) is 15.8 Å². The second-order valence-corrected chi connectivity index (χ2v) is 8.47. The van der Waals surface area contributed by atoms with Gasteiger partial charge in [0.15, 0.2) is 9.84 Å². The SMILES string of the molecule is CC(NC(=O)c1ccc2ncsc2c1)c1ccc(S(C)(=O)=O)cc1. The molecule has 0 saturated carbocycles. The molecule has 0 aliphatic carbocycles. The fourth-order valence-corrected chi connectivity index (χ4v) is 3.71. The van der Waals surface area contributed by atoms with Gasteiger partial charge < -0.3 is 5.32 Å². The minimum Gasteiger partial charge on any atom is -0.346 e. The first-order valence-electron chi connectivity index (χ1n) is 7.29. The van der Waals surface area contributed by atoms with Crippen LogP contribution in [0.3, 0.4) is 0 Å². The van der Waals surface area contributed by atoms with E-state index in [2.05, 4.69) is 10.3 Å². The molecule has 0 aliphatic rings. The number of carbonyl (C=O) groups excluding carboxylic acids is 1. The summed E-state index contributed by atoms with van der Waals surface area (Å²) in [6, 6.07) is 11.7. The predicted molar refractivity (Wildman–Crippen MR) is 95.1 cm³/mol. The molecule has 2 aromatic carbocycles. The molecule has 124 valence electrons. The summed E-state index contributed by atoms with van der Waals surface area (Å²) in [5, 5.41) is 2.92. The van der Waals surface area contributed by atoms with Crippen LogP contribution >= 0.6 is 11.3 Å². The Morgan fingerprint density at radius 2 is 1.88 bits per heavy atom. The average Bonchev–Trinajstić information content (AvgIpc) is 3.01. The maximum Gasteiger partial charge on any atom is 0.251 e. The van der Waals surface area contributed by atoms with E-state index in [1.807, 2.05) is 19.1 Å². The zero-order valence-corrected chi connectivity index (χ0v) is 14.8. The highest BCUT2D eigenvalue weighted by Crippen LogP contribution is 2.20. The molecule has 24 heavy (non-hydrogen) atoms. The number of rotatable bonds is 4. The number of carbonyl (C=O) groups is 1. The van der Waals surface area contributed by atoms with Gasteiger partial charge in [0, 0.05) is 11.8 Å². The predicted octanol–water partition coefficient (Wildman–Crippen LogP) is 3.19. The lowest BCUT2D eigenvalue weighted by Crippen LogP contribution is -2.26. The first kappa shape index (κ1) is 16.6. The Bertz CT molecular complexity index is 992. The van der Waals surface area contributed by atoms with Gasteiger partial charge in [0.1, 0.15) is 0 Å². The van der Waals surface area contributed by atoms with Gasteiger partial charge in [-0.1, -0.05) is 12.1 Å². The van der Waals surface area contributed by atoms with Crippen molar-refractivity contribution >= 4 is 37.3 Å². The summed E-state index contributed by atoms with van der Waals surface area (Å²) in [6.45, 7) is 1.86. The minimum atomic E-state index is -3.22. The Morgan fingerprint density at radius 1 is 1.17 bits per heavy atom. The smallest absolute Gasteiger partial charge is 0.251 e. The van der Waals surface area contributed by atoms with E-state index < -0.39 is 9.84 Å². The average molecular weight is 360 g/mol. The van der Waals surface area contributed by atoms with Gasteiger partial charge in [-0.15, -0.1) is 11.3 Å². The van der Waals surface area contributed by atoms with Crippen molar-refractivity contribution in [2.45, 2.75) is 17.9 Å². The highest BCUT2D eigenvalue weighted by Gasteiger charge is 2.14. The van der Waals surface area contributed by atoms with Gasteiger partial charge in [-0.25, -0.2) is 13.4 Å². The number of nitrogens with one attached hydrogen (secondary N) is 1. The van der Waals surface area contributed by atoms with E-state index in [4.69, 9.17) is 0 Å². The largest absolute Gasteiger partial charge is 0.346 e. The van der Waals surface area contributed by atoms with Crippen LogP contribution in [-0.4, -0.2) is 25.6 Å². The van der Waals surface area contributed by atoms with E-state index >= 15 is 0 Å². The second kappa shape index (κ2) is 6.33. The maximum absolute atomic E-state index is 12.4.